The summed E-state index contributed by atoms with van der Waals surface area (Å²) in [7, 11) is -3.64. The van der Waals surface area contributed by atoms with Crippen molar-refractivity contribution < 1.29 is 17.7 Å². The molecule has 0 aliphatic carbocycles. The minimum absolute atomic E-state index is 0.339. The molecular weight excluding hydrogens is 320 g/mol. The van der Waals surface area contributed by atoms with Crippen molar-refractivity contribution in [2.75, 3.05) is 0 Å². The molecule has 0 atom stereocenters. The van der Waals surface area contributed by atoms with Crippen molar-refractivity contribution in [2.24, 2.45) is 0 Å². The molecule has 3 aromatic carbocycles. The summed E-state index contributed by atoms with van der Waals surface area (Å²) >= 11 is 0. The number of rotatable bonds is 3. The minimum atomic E-state index is -3.64. The molecule has 0 radical (unpaired) electrons. The van der Waals surface area contributed by atoms with E-state index in [0.29, 0.717) is 22.7 Å². The third-order valence-electron chi connectivity index (χ3n) is 3.57. The fourth-order valence-corrected chi connectivity index (χ4v) is 5.16. The van der Waals surface area contributed by atoms with Gasteiger partial charge in [0.25, 0.3) is 0 Å². The zero-order valence-electron chi connectivity index (χ0n) is 11.9. The smallest absolute Gasteiger partial charge is 0.174 e. The average Bonchev–Trinajstić information content (AvgIpc) is 2.59. The van der Waals surface area contributed by atoms with Crippen molar-refractivity contribution in [3.05, 3.63) is 90.2 Å². The van der Waals surface area contributed by atoms with Crippen LogP contribution in [0.25, 0.3) is 0 Å². The second-order valence-corrected chi connectivity index (χ2v) is 7.73. The molecule has 0 aliphatic heterocycles. The Morgan fingerprint density at radius 1 is 0.609 bits per heavy atom. The summed E-state index contributed by atoms with van der Waals surface area (Å²) in [5.41, 5.74) is 0. The SMILES string of the molecule is O=P(c1ccccc1)(c1ccccc1)c1cc(F)c(F)cc1F. The van der Waals surface area contributed by atoms with Gasteiger partial charge in [0.1, 0.15) is 5.82 Å². The molecule has 3 rings (SSSR count). The van der Waals surface area contributed by atoms with Crippen LogP contribution in [-0.4, -0.2) is 0 Å². The molecule has 3 aromatic rings. The first-order chi connectivity index (χ1) is 11.0. The van der Waals surface area contributed by atoms with Gasteiger partial charge in [0.15, 0.2) is 18.8 Å². The molecule has 116 valence electrons. The van der Waals surface area contributed by atoms with Gasteiger partial charge in [-0.05, 0) is 6.07 Å². The van der Waals surface area contributed by atoms with Crippen molar-refractivity contribution in [3.63, 3.8) is 0 Å². The first-order valence-electron chi connectivity index (χ1n) is 6.90. The molecule has 0 fully saturated rings. The summed E-state index contributed by atoms with van der Waals surface area (Å²) in [5, 5.41) is 0.376. The van der Waals surface area contributed by atoms with Gasteiger partial charge in [-0.1, -0.05) is 60.7 Å². The maximum atomic E-state index is 14.3. The van der Waals surface area contributed by atoms with Gasteiger partial charge >= 0.3 is 0 Å². The maximum absolute atomic E-state index is 14.3. The van der Waals surface area contributed by atoms with Crippen LogP contribution in [0.5, 0.6) is 0 Å². The highest BCUT2D eigenvalue weighted by atomic mass is 31.2. The fraction of sp³-hybridized carbons (Fsp3) is 0. The van der Waals surface area contributed by atoms with E-state index in [1.54, 1.807) is 60.7 Å². The average molecular weight is 332 g/mol. The summed E-state index contributed by atoms with van der Waals surface area (Å²) in [6.45, 7) is 0. The zero-order chi connectivity index (χ0) is 16.4. The van der Waals surface area contributed by atoms with Gasteiger partial charge in [-0.2, -0.15) is 0 Å². The largest absolute Gasteiger partial charge is 0.309 e. The number of benzene rings is 3. The highest BCUT2D eigenvalue weighted by Crippen LogP contribution is 2.43. The van der Waals surface area contributed by atoms with E-state index in [1.165, 1.54) is 0 Å². The molecule has 0 amide bonds. The van der Waals surface area contributed by atoms with E-state index in [-0.39, 0.29) is 5.30 Å². The lowest BCUT2D eigenvalue weighted by molar-refractivity contribution is 0.497. The molecule has 0 N–H and O–H groups in total. The van der Waals surface area contributed by atoms with Gasteiger partial charge in [0.2, 0.25) is 0 Å². The van der Waals surface area contributed by atoms with Crippen LogP contribution in [0.15, 0.2) is 72.8 Å². The number of halogens is 3. The molecule has 0 aromatic heterocycles. The Balaban J connectivity index is 2.35. The first-order valence-corrected chi connectivity index (χ1v) is 8.60. The van der Waals surface area contributed by atoms with E-state index in [9.17, 15) is 17.7 Å². The highest BCUT2D eigenvalue weighted by molar-refractivity contribution is 7.85. The Bertz CT molecular complexity index is 836. The Labute approximate surface area is 131 Å². The first kappa shape index (κ1) is 15.6. The monoisotopic (exact) mass is 332 g/mol. The number of hydrogen-bond acceptors (Lipinski definition) is 1. The summed E-state index contributed by atoms with van der Waals surface area (Å²) < 4.78 is 55.0. The Kier molecular flexibility index (Phi) is 4.10. The second-order valence-electron chi connectivity index (χ2n) is 5.00. The molecule has 0 saturated heterocycles. The van der Waals surface area contributed by atoms with E-state index in [4.69, 9.17) is 0 Å². The van der Waals surface area contributed by atoms with E-state index >= 15 is 0 Å². The van der Waals surface area contributed by atoms with E-state index in [1.807, 2.05) is 0 Å². The quantitative estimate of drug-likeness (QED) is 0.527. The van der Waals surface area contributed by atoms with Crippen molar-refractivity contribution in [1.29, 1.82) is 0 Å². The molecule has 5 heteroatoms. The van der Waals surface area contributed by atoms with Gasteiger partial charge in [-0.15, -0.1) is 0 Å². The molecule has 1 nitrogen and oxygen atoms in total. The van der Waals surface area contributed by atoms with Crippen molar-refractivity contribution in [3.8, 4) is 0 Å². The highest BCUT2D eigenvalue weighted by Gasteiger charge is 2.33. The van der Waals surface area contributed by atoms with Crippen LogP contribution in [0.4, 0.5) is 13.2 Å². The minimum Gasteiger partial charge on any atom is -0.309 e. The molecule has 0 saturated carbocycles. The standard InChI is InChI=1S/C18H12F3OP/c19-15-11-17(21)18(12-16(15)20)23(22,13-7-3-1-4-8-13)14-9-5-2-6-10-14/h1-12H. The third-order valence-corrected chi connectivity index (χ3v) is 6.64. The van der Waals surface area contributed by atoms with Crippen LogP contribution in [-0.2, 0) is 4.57 Å². The molecule has 0 bridgehead atoms. The lowest BCUT2D eigenvalue weighted by atomic mass is 10.3. The van der Waals surface area contributed by atoms with Crippen LogP contribution in [0.2, 0.25) is 0 Å². The number of hydrogen-bond donors (Lipinski definition) is 0. The van der Waals surface area contributed by atoms with Crippen LogP contribution in [0.1, 0.15) is 0 Å². The van der Waals surface area contributed by atoms with Gasteiger partial charge in [0.05, 0.1) is 5.30 Å². The normalized spacial score (nSPS) is 11.4. The summed E-state index contributed by atoms with van der Waals surface area (Å²) in [5.74, 6) is -3.56. The predicted octanol–water partition coefficient (Wildman–Crippen LogP) is 3.74. The fourth-order valence-electron chi connectivity index (χ4n) is 2.46. The topological polar surface area (TPSA) is 17.1 Å². The van der Waals surface area contributed by atoms with Gasteiger partial charge in [0, 0.05) is 16.7 Å². The van der Waals surface area contributed by atoms with Crippen LogP contribution in [0.3, 0.4) is 0 Å². The van der Waals surface area contributed by atoms with E-state index in [2.05, 4.69) is 0 Å². The van der Waals surface area contributed by atoms with Crippen molar-refractivity contribution in [1.82, 2.24) is 0 Å². The van der Waals surface area contributed by atoms with Crippen molar-refractivity contribution >= 4 is 23.1 Å². The molecule has 0 heterocycles. The van der Waals surface area contributed by atoms with Crippen molar-refractivity contribution in [2.45, 2.75) is 0 Å². The Morgan fingerprint density at radius 2 is 1.04 bits per heavy atom. The predicted molar refractivity (Wildman–Crippen MR) is 85.7 cm³/mol. The summed E-state index contributed by atoms with van der Waals surface area (Å²) in [6, 6.07) is 17.6. The Hall–Kier alpha value is -2.32. The zero-order valence-corrected chi connectivity index (χ0v) is 12.8. The summed E-state index contributed by atoms with van der Waals surface area (Å²) in [4.78, 5) is 0. The third kappa shape index (κ3) is 2.71. The summed E-state index contributed by atoms with van der Waals surface area (Å²) in [6.07, 6.45) is 0. The lowest BCUT2D eigenvalue weighted by Gasteiger charge is -2.20. The lowest BCUT2D eigenvalue weighted by Crippen LogP contribution is -2.27. The van der Waals surface area contributed by atoms with Crippen LogP contribution >= 0.6 is 7.14 Å². The molecule has 23 heavy (non-hydrogen) atoms. The van der Waals surface area contributed by atoms with Gasteiger partial charge in [-0.3, -0.25) is 0 Å². The van der Waals surface area contributed by atoms with Gasteiger partial charge < -0.3 is 4.57 Å². The molecule has 0 unspecified atom stereocenters. The van der Waals surface area contributed by atoms with E-state index < -0.39 is 24.6 Å². The van der Waals surface area contributed by atoms with Crippen LogP contribution in [0, 0.1) is 17.5 Å². The maximum Gasteiger partial charge on any atom is 0.174 e. The van der Waals surface area contributed by atoms with Crippen LogP contribution < -0.4 is 15.9 Å². The molecule has 0 spiro atoms. The Morgan fingerprint density at radius 3 is 1.52 bits per heavy atom. The molecular formula is C18H12F3OP. The van der Waals surface area contributed by atoms with E-state index in [0.717, 1.165) is 0 Å². The van der Waals surface area contributed by atoms with Gasteiger partial charge in [-0.25, -0.2) is 13.2 Å². The molecule has 0 aliphatic rings. The second kappa shape index (κ2) is 6.05.